The van der Waals surface area contributed by atoms with E-state index in [1.165, 1.54) is 32.1 Å². The van der Waals surface area contributed by atoms with E-state index in [1.54, 1.807) is 0 Å². The summed E-state index contributed by atoms with van der Waals surface area (Å²) in [6.07, 6.45) is 7.68. The lowest BCUT2D eigenvalue weighted by molar-refractivity contribution is -0.157. The molecule has 3 rings (SSSR count). The summed E-state index contributed by atoms with van der Waals surface area (Å²) in [5, 5.41) is 17.9. The molecule has 1 aliphatic carbocycles. The first kappa shape index (κ1) is 17.4. The van der Waals surface area contributed by atoms with E-state index >= 15 is 0 Å². The van der Waals surface area contributed by atoms with Gasteiger partial charge in [-0.2, -0.15) is 0 Å². The third-order valence-corrected chi connectivity index (χ3v) is 5.31. The first-order valence-corrected chi connectivity index (χ1v) is 9.21. The van der Waals surface area contributed by atoms with Crippen molar-refractivity contribution in [1.82, 2.24) is 15.4 Å². The highest BCUT2D eigenvalue weighted by molar-refractivity contribution is 5.86. The largest absolute Gasteiger partial charge is 0.379 e. The number of aryl methyl sites for hydroxylation is 1. The molecule has 2 fully saturated rings. The Morgan fingerprint density at radius 2 is 2.17 bits per heavy atom. The summed E-state index contributed by atoms with van der Waals surface area (Å²) < 4.78 is 5.03. The van der Waals surface area contributed by atoms with Crippen molar-refractivity contribution < 1.29 is 14.4 Å². The quantitative estimate of drug-likeness (QED) is 0.831. The predicted molar refractivity (Wildman–Crippen MR) is 90.3 cm³/mol. The third-order valence-electron chi connectivity index (χ3n) is 5.31. The topological polar surface area (TPSA) is 78.6 Å². The fourth-order valence-corrected chi connectivity index (χ4v) is 3.98. The minimum Gasteiger partial charge on any atom is -0.379 e. The number of nitrogens with one attached hydrogen (secondary N) is 1. The van der Waals surface area contributed by atoms with Crippen LogP contribution >= 0.6 is 0 Å². The molecule has 1 saturated heterocycles. The highest BCUT2D eigenvalue weighted by Crippen LogP contribution is 2.28. The summed E-state index contributed by atoms with van der Waals surface area (Å²) in [6.45, 7) is 4.19. The molecule has 6 heteroatoms. The lowest BCUT2D eigenvalue weighted by Crippen LogP contribution is -2.58. The Morgan fingerprint density at radius 3 is 2.88 bits per heavy atom. The van der Waals surface area contributed by atoms with Crippen molar-refractivity contribution in [3.8, 4) is 0 Å². The molecule has 1 saturated carbocycles. The summed E-state index contributed by atoms with van der Waals surface area (Å²) in [6, 6.07) is 1.86. The summed E-state index contributed by atoms with van der Waals surface area (Å²) in [7, 11) is 0. The van der Waals surface area contributed by atoms with Crippen molar-refractivity contribution in [3.05, 3.63) is 17.5 Å². The Balaban J connectivity index is 1.52. The molecule has 24 heavy (non-hydrogen) atoms. The number of nitrogens with zero attached hydrogens (tertiary/aromatic N) is 2. The average molecular weight is 335 g/mol. The van der Waals surface area contributed by atoms with Gasteiger partial charge in [-0.25, -0.2) is 0 Å². The van der Waals surface area contributed by atoms with Crippen molar-refractivity contribution in [2.75, 3.05) is 19.6 Å². The van der Waals surface area contributed by atoms with Gasteiger partial charge in [0, 0.05) is 32.2 Å². The van der Waals surface area contributed by atoms with Gasteiger partial charge in [0.15, 0.2) is 5.60 Å². The van der Waals surface area contributed by atoms with Crippen LogP contribution in [-0.2, 0) is 11.3 Å². The van der Waals surface area contributed by atoms with Crippen molar-refractivity contribution >= 4 is 5.91 Å². The first-order chi connectivity index (χ1) is 11.6. The van der Waals surface area contributed by atoms with Crippen molar-refractivity contribution in [1.29, 1.82) is 0 Å². The highest BCUT2D eigenvalue weighted by atomic mass is 16.5. The number of carbonyl (C=O) groups is 1. The molecular formula is C18H29N3O3. The summed E-state index contributed by atoms with van der Waals surface area (Å²) in [5.74, 6) is 1.26. The molecule has 2 aliphatic rings. The van der Waals surface area contributed by atoms with E-state index < -0.39 is 5.60 Å². The SMILES string of the molecule is Cc1cc(CNCC2(O)CCCN(CC3CCCCC3)C2=O)no1. The van der Waals surface area contributed by atoms with E-state index in [0.717, 1.165) is 31.0 Å². The van der Waals surface area contributed by atoms with Crippen LogP contribution in [0.1, 0.15) is 56.4 Å². The van der Waals surface area contributed by atoms with Crippen molar-refractivity contribution in [2.45, 2.75) is 64.0 Å². The second-order valence-electron chi connectivity index (χ2n) is 7.42. The number of hydrogen-bond donors (Lipinski definition) is 2. The zero-order chi connectivity index (χ0) is 17.0. The standard InChI is InChI=1S/C18H29N3O3/c1-14-10-16(20-24-14)11-19-13-18(23)8-5-9-21(17(18)22)12-15-6-3-2-4-7-15/h10,15,19,23H,2-9,11-13H2,1H3. The van der Waals surface area contributed by atoms with E-state index in [0.29, 0.717) is 18.9 Å². The van der Waals surface area contributed by atoms with E-state index in [9.17, 15) is 9.90 Å². The molecule has 1 aromatic rings. The zero-order valence-electron chi connectivity index (χ0n) is 14.6. The molecule has 1 atom stereocenters. The van der Waals surface area contributed by atoms with Crippen LogP contribution < -0.4 is 5.32 Å². The molecule has 1 aliphatic heterocycles. The van der Waals surface area contributed by atoms with Gasteiger partial charge < -0.3 is 19.8 Å². The van der Waals surface area contributed by atoms with Gasteiger partial charge in [-0.05, 0) is 38.5 Å². The number of hydrogen-bond acceptors (Lipinski definition) is 5. The van der Waals surface area contributed by atoms with Gasteiger partial charge in [-0.3, -0.25) is 4.79 Å². The van der Waals surface area contributed by atoms with Gasteiger partial charge in [-0.15, -0.1) is 0 Å². The fraction of sp³-hybridized carbons (Fsp3) is 0.778. The van der Waals surface area contributed by atoms with Crippen LogP contribution in [0.5, 0.6) is 0 Å². The van der Waals surface area contributed by atoms with Crippen LogP contribution in [0.25, 0.3) is 0 Å². The van der Waals surface area contributed by atoms with Crippen LogP contribution in [-0.4, -0.2) is 46.3 Å². The minimum absolute atomic E-state index is 0.108. The predicted octanol–water partition coefficient (Wildman–Crippen LogP) is 2.01. The Labute approximate surface area is 143 Å². The maximum Gasteiger partial charge on any atom is 0.255 e. The lowest BCUT2D eigenvalue weighted by Gasteiger charge is -2.40. The minimum atomic E-state index is -1.29. The molecule has 0 spiro atoms. The molecule has 2 heterocycles. The second-order valence-corrected chi connectivity index (χ2v) is 7.42. The molecule has 134 valence electrons. The normalized spacial score (nSPS) is 26.1. The second kappa shape index (κ2) is 7.66. The van der Waals surface area contributed by atoms with Crippen LogP contribution in [0.3, 0.4) is 0 Å². The van der Waals surface area contributed by atoms with Gasteiger partial charge in [0.05, 0.1) is 5.69 Å². The number of rotatable bonds is 6. The number of piperidine rings is 1. The smallest absolute Gasteiger partial charge is 0.255 e. The third kappa shape index (κ3) is 4.16. The molecule has 6 nitrogen and oxygen atoms in total. The molecular weight excluding hydrogens is 306 g/mol. The summed E-state index contributed by atoms with van der Waals surface area (Å²) in [4.78, 5) is 14.7. The van der Waals surface area contributed by atoms with Gasteiger partial charge in [0.2, 0.25) is 0 Å². The number of likely N-dealkylation sites (tertiary alicyclic amines) is 1. The average Bonchev–Trinajstić information content (AvgIpc) is 2.98. The monoisotopic (exact) mass is 335 g/mol. The number of aliphatic hydroxyl groups is 1. The Kier molecular flexibility index (Phi) is 5.56. The molecule has 0 radical (unpaired) electrons. The zero-order valence-corrected chi connectivity index (χ0v) is 14.6. The molecule has 1 unspecified atom stereocenters. The van der Waals surface area contributed by atoms with E-state index in [1.807, 2.05) is 17.9 Å². The van der Waals surface area contributed by atoms with Gasteiger partial charge in [0.25, 0.3) is 5.91 Å². The van der Waals surface area contributed by atoms with E-state index in [-0.39, 0.29) is 12.5 Å². The maximum absolute atomic E-state index is 12.8. The Morgan fingerprint density at radius 1 is 1.38 bits per heavy atom. The molecule has 0 aromatic carbocycles. The maximum atomic E-state index is 12.8. The highest BCUT2D eigenvalue weighted by Gasteiger charge is 2.42. The van der Waals surface area contributed by atoms with E-state index in [2.05, 4.69) is 10.5 Å². The summed E-state index contributed by atoms with van der Waals surface area (Å²) >= 11 is 0. The fourth-order valence-electron chi connectivity index (χ4n) is 3.98. The van der Waals surface area contributed by atoms with E-state index in [4.69, 9.17) is 4.52 Å². The number of amides is 1. The molecule has 1 aromatic heterocycles. The first-order valence-electron chi connectivity index (χ1n) is 9.21. The van der Waals surface area contributed by atoms with Gasteiger partial charge >= 0.3 is 0 Å². The molecule has 0 bridgehead atoms. The molecule has 1 amide bonds. The van der Waals surface area contributed by atoms with Crippen LogP contribution in [0.2, 0.25) is 0 Å². The Hall–Kier alpha value is -1.40. The van der Waals surface area contributed by atoms with Crippen LogP contribution in [0.15, 0.2) is 10.6 Å². The molecule has 2 N–H and O–H groups in total. The number of carbonyl (C=O) groups excluding carboxylic acids is 1. The van der Waals surface area contributed by atoms with Crippen molar-refractivity contribution in [2.24, 2.45) is 5.92 Å². The van der Waals surface area contributed by atoms with Gasteiger partial charge in [0.1, 0.15) is 5.76 Å². The number of aromatic nitrogens is 1. The van der Waals surface area contributed by atoms with Gasteiger partial charge in [-0.1, -0.05) is 24.4 Å². The van der Waals surface area contributed by atoms with Crippen molar-refractivity contribution in [3.63, 3.8) is 0 Å². The summed E-state index contributed by atoms with van der Waals surface area (Å²) in [5.41, 5.74) is -0.496. The van der Waals surface area contributed by atoms with Crippen LogP contribution in [0, 0.1) is 12.8 Å². The Bertz CT molecular complexity index is 553. The van der Waals surface area contributed by atoms with Crippen LogP contribution in [0.4, 0.5) is 0 Å². The lowest BCUT2D eigenvalue weighted by atomic mass is 9.86.